The molecule has 0 aliphatic carbocycles. The molecule has 2 atom stereocenters. The van der Waals surface area contributed by atoms with Gasteiger partial charge < -0.3 is 14.7 Å². The van der Waals surface area contributed by atoms with Gasteiger partial charge in [0.25, 0.3) is 0 Å². The molecule has 4 aromatic rings. The molecule has 0 spiro atoms. The Balaban J connectivity index is 0.00000500. The van der Waals surface area contributed by atoms with E-state index >= 15 is 0 Å². The van der Waals surface area contributed by atoms with Gasteiger partial charge in [-0.2, -0.15) is 0 Å². The number of amidine groups is 1. The average molecular weight is 698 g/mol. The molecule has 1 aliphatic rings. The molecular formula is C41H49BrN2O3. The Morgan fingerprint density at radius 2 is 1.30 bits per heavy atom. The fourth-order valence-corrected chi connectivity index (χ4v) is 6.48. The van der Waals surface area contributed by atoms with Gasteiger partial charge in [0.15, 0.2) is 5.78 Å². The number of Topliss-reactive ketones (excluding diaryl/α,β-unsaturated/α-hetero) is 1. The second kappa shape index (κ2) is 15.0. The van der Waals surface area contributed by atoms with Crippen molar-refractivity contribution in [1.82, 2.24) is 4.90 Å². The van der Waals surface area contributed by atoms with Crippen LogP contribution < -0.4 is 0 Å². The maximum absolute atomic E-state index is 14.1. The summed E-state index contributed by atoms with van der Waals surface area (Å²) in [5.74, 6) is 0.653. The quantitative estimate of drug-likeness (QED) is 0.162. The number of halogens is 1. The van der Waals surface area contributed by atoms with E-state index in [2.05, 4.69) is 77.9 Å². The first kappa shape index (κ1) is 36.1. The Morgan fingerprint density at radius 3 is 1.77 bits per heavy atom. The smallest absolute Gasteiger partial charge is 0.182 e. The van der Waals surface area contributed by atoms with Crippen LogP contribution in [0.15, 0.2) is 103 Å². The fourth-order valence-electron chi connectivity index (χ4n) is 6.48. The van der Waals surface area contributed by atoms with Crippen molar-refractivity contribution in [3.8, 4) is 5.75 Å². The molecule has 4 aromatic carbocycles. The molecule has 1 heterocycles. The van der Waals surface area contributed by atoms with Gasteiger partial charge in [-0.25, -0.2) is 0 Å². The first-order chi connectivity index (χ1) is 21.8. The van der Waals surface area contributed by atoms with Gasteiger partial charge in [-0.3, -0.25) is 10.2 Å². The first-order valence-corrected chi connectivity index (χ1v) is 16.3. The molecule has 0 radical (unpaired) electrons. The molecule has 0 bridgehead atoms. The van der Waals surface area contributed by atoms with Crippen LogP contribution in [0.4, 0.5) is 0 Å². The zero-order valence-electron chi connectivity index (χ0n) is 28.5. The number of nitrogens with zero attached hydrogens (tertiary/aromatic N) is 1. The minimum Gasteiger partial charge on any atom is -0.507 e. The molecule has 6 heteroatoms. The summed E-state index contributed by atoms with van der Waals surface area (Å²) in [5, 5.41) is 20.6. The second-order valence-electron chi connectivity index (χ2n) is 14.7. The largest absolute Gasteiger partial charge is 0.507 e. The summed E-state index contributed by atoms with van der Waals surface area (Å²) in [6.45, 7) is 12.8. The zero-order chi connectivity index (χ0) is 33.1. The van der Waals surface area contributed by atoms with Crippen LogP contribution >= 0.6 is 17.0 Å². The fraction of sp³-hybridized carbons (Fsp3) is 0.366. The summed E-state index contributed by atoms with van der Waals surface area (Å²) >= 11 is 0. The number of ketones is 1. The Hall–Kier alpha value is -3.74. The molecule has 0 aromatic heterocycles. The van der Waals surface area contributed by atoms with Gasteiger partial charge in [0.2, 0.25) is 0 Å². The molecule has 2 N–H and O–H groups in total. The molecular weight excluding hydrogens is 648 g/mol. The van der Waals surface area contributed by atoms with E-state index in [-0.39, 0.29) is 64.0 Å². The Labute approximate surface area is 291 Å². The number of nitrogens with one attached hydrogen (secondary N) is 1. The zero-order valence-corrected chi connectivity index (χ0v) is 30.2. The summed E-state index contributed by atoms with van der Waals surface area (Å²) in [6.07, 6.45) is 1.21. The number of phenolic OH excluding ortho intramolecular Hbond substituents is 1. The summed E-state index contributed by atoms with van der Waals surface area (Å²) < 4.78 is 6.72. The molecule has 5 nitrogen and oxygen atoms in total. The maximum atomic E-state index is 14.1. The predicted molar refractivity (Wildman–Crippen MR) is 197 cm³/mol. The minimum atomic E-state index is -0.345. The van der Waals surface area contributed by atoms with Crippen LogP contribution in [0.2, 0.25) is 0 Å². The molecule has 47 heavy (non-hydrogen) atoms. The Bertz CT molecular complexity index is 1570. The highest BCUT2D eigenvalue weighted by Gasteiger charge is 2.39. The summed E-state index contributed by atoms with van der Waals surface area (Å²) in [7, 11) is 0. The lowest BCUT2D eigenvalue weighted by Crippen LogP contribution is -2.40. The van der Waals surface area contributed by atoms with E-state index in [1.165, 1.54) is 5.56 Å². The lowest BCUT2D eigenvalue weighted by molar-refractivity contribution is 0.0450. The van der Waals surface area contributed by atoms with E-state index in [0.717, 1.165) is 35.1 Å². The molecule has 1 saturated heterocycles. The van der Waals surface area contributed by atoms with Crippen molar-refractivity contribution in [1.29, 1.82) is 5.41 Å². The van der Waals surface area contributed by atoms with Gasteiger partial charge in [0, 0.05) is 22.6 Å². The molecule has 248 valence electrons. The summed E-state index contributed by atoms with van der Waals surface area (Å²) in [4.78, 5) is 16.1. The van der Waals surface area contributed by atoms with E-state index in [9.17, 15) is 15.3 Å². The van der Waals surface area contributed by atoms with Gasteiger partial charge in [-0.15, -0.1) is 17.0 Å². The third-order valence-electron chi connectivity index (χ3n) is 9.04. The van der Waals surface area contributed by atoms with Crippen molar-refractivity contribution in [3.05, 3.63) is 137 Å². The predicted octanol–water partition coefficient (Wildman–Crippen LogP) is 9.46. The van der Waals surface area contributed by atoms with Crippen molar-refractivity contribution in [2.75, 3.05) is 13.2 Å². The lowest BCUT2D eigenvalue weighted by atomic mass is 9.78. The average Bonchev–Trinajstić information content (AvgIpc) is 3.30. The molecule has 0 saturated carbocycles. The van der Waals surface area contributed by atoms with Crippen LogP contribution in [-0.2, 0) is 22.0 Å². The van der Waals surface area contributed by atoms with E-state index in [1.807, 2.05) is 71.6 Å². The molecule has 1 aliphatic heterocycles. The number of carbonyl (C=O) groups excluding carboxylic acids is 1. The van der Waals surface area contributed by atoms with Crippen LogP contribution in [0.1, 0.15) is 92.2 Å². The number of likely N-dealkylation sites (tertiary alicyclic amines) is 1. The van der Waals surface area contributed by atoms with Crippen LogP contribution in [0.3, 0.4) is 0 Å². The van der Waals surface area contributed by atoms with Crippen molar-refractivity contribution in [2.24, 2.45) is 5.92 Å². The standard InChI is InChI=1S/C41H48N2O3.BrH/c1-40(2,3)34-24-31(25-35(37(34)45)41(4,5)6)36(44)26-43-33(23-32(39(43)42)22-28-16-10-7-11-17-28)27-46-38(29-18-12-8-13-19-29)30-20-14-9-15-21-30;/h7-21,24-25,32-33,38,42,45H,22-23,26-27H2,1-6H3;1H. The third kappa shape index (κ3) is 8.60. The molecule has 5 rings (SSSR count). The normalized spacial score (nSPS) is 16.7. The van der Waals surface area contributed by atoms with Gasteiger partial charge in [-0.05, 0) is 52.5 Å². The van der Waals surface area contributed by atoms with Crippen LogP contribution in [0.25, 0.3) is 0 Å². The summed E-state index contributed by atoms with van der Waals surface area (Å²) in [6, 6.07) is 34.3. The molecule has 0 amide bonds. The number of benzene rings is 4. The highest BCUT2D eigenvalue weighted by molar-refractivity contribution is 8.93. The molecule has 2 unspecified atom stereocenters. The SMILES string of the molecule is Br.CC(C)(C)c1cc(C(=O)CN2C(=N)C(Cc3ccccc3)CC2COC(c2ccccc2)c2ccccc2)cc(C(C)(C)C)c1O. The van der Waals surface area contributed by atoms with Crippen LogP contribution in [-0.4, -0.2) is 40.8 Å². The second-order valence-corrected chi connectivity index (χ2v) is 14.7. The lowest BCUT2D eigenvalue weighted by Gasteiger charge is -2.30. The maximum Gasteiger partial charge on any atom is 0.182 e. The molecule has 1 fully saturated rings. The number of phenols is 1. The summed E-state index contributed by atoms with van der Waals surface area (Å²) in [5.41, 5.74) is 4.71. The van der Waals surface area contributed by atoms with E-state index in [0.29, 0.717) is 18.0 Å². The van der Waals surface area contributed by atoms with Crippen LogP contribution in [0.5, 0.6) is 5.75 Å². The highest BCUT2D eigenvalue weighted by Crippen LogP contribution is 2.40. The van der Waals surface area contributed by atoms with Crippen LogP contribution in [0, 0.1) is 11.3 Å². The Morgan fingerprint density at radius 1 is 0.830 bits per heavy atom. The third-order valence-corrected chi connectivity index (χ3v) is 9.04. The Kier molecular flexibility index (Phi) is 11.5. The van der Waals surface area contributed by atoms with Gasteiger partial charge in [0.05, 0.1) is 19.2 Å². The van der Waals surface area contributed by atoms with Crippen molar-refractivity contribution >= 4 is 28.6 Å². The first-order valence-electron chi connectivity index (χ1n) is 16.3. The minimum absolute atomic E-state index is 0. The number of ether oxygens (including phenoxy) is 1. The number of rotatable bonds is 10. The van der Waals surface area contributed by atoms with Crippen molar-refractivity contribution in [3.63, 3.8) is 0 Å². The topological polar surface area (TPSA) is 73.6 Å². The van der Waals surface area contributed by atoms with Crippen molar-refractivity contribution in [2.45, 2.75) is 77.4 Å². The monoisotopic (exact) mass is 696 g/mol. The van der Waals surface area contributed by atoms with Gasteiger partial charge in [-0.1, -0.05) is 133 Å². The number of hydrogen-bond donors (Lipinski definition) is 2. The highest BCUT2D eigenvalue weighted by atomic mass is 79.9. The van der Waals surface area contributed by atoms with Crippen molar-refractivity contribution < 1.29 is 14.6 Å². The number of aromatic hydroxyl groups is 1. The number of carbonyl (C=O) groups is 1. The number of hydrogen-bond acceptors (Lipinski definition) is 4. The van der Waals surface area contributed by atoms with E-state index < -0.39 is 0 Å². The van der Waals surface area contributed by atoms with Gasteiger partial charge >= 0.3 is 0 Å². The van der Waals surface area contributed by atoms with E-state index in [4.69, 9.17) is 4.74 Å². The van der Waals surface area contributed by atoms with E-state index in [1.54, 1.807) is 0 Å². The van der Waals surface area contributed by atoms with Gasteiger partial charge in [0.1, 0.15) is 17.7 Å².